The number of halogens is 2. The van der Waals surface area contributed by atoms with Crippen LogP contribution in [0.15, 0.2) is 18.2 Å². The molecule has 92 valence electrons. The second-order valence-corrected chi connectivity index (χ2v) is 5.04. The summed E-state index contributed by atoms with van der Waals surface area (Å²) in [7, 11) is 0. The van der Waals surface area contributed by atoms with Crippen LogP contribution in [0.2, 0.25) is 0 Å². The molecule has 0 spiro atoms. The number of likely N-dealkylation sites (N-methyl/N-ethyl adjacent to an activating group) is 1. The van der Waals surface area contributed by atoms with Crippen LogP contribution in [0.5, 0.6) is 0 Å². The Morgan fingerprint density at radius 2 is 2.35 bits per heavy atom. The molecule has 0 aliphatic carbocycles. The maximum atomic E-state index is 13.4. The van der Waals surface area contributed by atoms with E-state index in [4.69, 9.17) is 0 Å². The second-order valence-electron chi connectivity index (χ2n) is 3.96. The first-order valence-electron chi connectivity index (χ1n) is 5.64. The third-order valence-corrected chi connectivity index (χ3v) is 3.95. The molecule has 0 bridgehead atoms. The Balaban J connectivity index is 2.24. The molecule has 1 aliphatic heterocycles. The van der Waals surface area contributed by atoms with Gasteiger partial charge in [0.25, 0.3) is 0 Å². The molecule has 17 heavy (non-hydrogen) atoms. The molecule has 1 fully saturated rings. The van der Waals surface area contributed by atoms with Crippen LogP contribution in [0.3, 0.4) is 0 Å². The summed E-state index contributed by atoms with van der Waals surface area (Å²) in [5.74, 6) is -0.238. The second kappa shape index (κ2) is 5.30. The van der Waals surface area contributed by atoms with Gasteiger partial charge in [-0.1, -0.05) is 13.0 Å². The van der Waals surface area contributed by atoms with Gasteiger partial charge >= 0.3 is 0 Å². The van der Waals surface area contributed by atoms with E-state index < -0.39 is 0 Å². The summed E-state index contributed by atoms with van der Waals surface area (Å²) in [5.41, 5.74) is 0.677. The number of hydrogen-bond acceptors (Lipinski definition) is 2. The third kappa shape index (κ3) is 2.44. The molecule has 1 aromatic rings. The third-order valence-electron chi connectivity index (χ3n) is 2.88. The van der Waals surface area contributed by atoms with E-state index in [1.54, 1.807) is 17.0 Å². The van der Waals surface area contributed by atoms with E-state index in [0.29, 0.717) is 15.8 Å². The van der Waals surface area contributed by atoms with Crippen molar-refractivity contribution in [2.45, 2.75) is 19.4 Å². The van der Waals surface area contributed by atoms with E-state index in [1.807, 2.05) is 29.5 Å². The Labute approximate surface area is 114 Å². The van der Waals surface area contributed by atoms with Gasteiger partial charge in [-0.15, -0.1) is 0 Å². The number of carbonyl (C=O) groups excluding carboxylic acids is 1. The number of anilines is 1. The molecule has 1 unspecified atom stereocenters. The van der Waals surface area contributed by atoms with Crippen LogP contribution in [0.1, 0.15) is 13.3 Å². The molecule has 1 atom stereocenters. The zero-order valence-corrected chi connectivity index (χ0v) is 11.7. The summed E-state index contributed by atoms with van der Waals surface area (Å²) in [4.78, 5) is 13.8. The van der Waals surface area contributed by atoms with Crippen molar-refractivity contribution in [3.63, 3.8) is 0 Å². The SMILES string of the molecule is CCNC1CCN(c2cccc(F)c2I)C1=O. The lowest BCUT2D eigenvalue weighted by molar-refractivity contribution is -0.118. The average molecular weight is 348 g/mol. The van der Waals surface area contributed by atoms with Crippen molar-refractivity contribution in [2.75, 3.05) is 18.0 Å². The molecule has 3 nitrogen and oxygen atoms in total. The van der Waals surface area contributed by atoms with Gasteiger partial charge in [-0.05, 0) is 47.7 Å². The highest BCUT2D eigenvalue weighted by Gasteiger charge is 2.32. The molecule has 1 aliphatic rings. The summed E-state index contributed by atoms with van der Waals surface area (Å²) in [6.07, 6.45) is 0.777. The number of nitrogens with one attached hydrogen (secondary N) is 1. The zero-order valence-electron chi connectivity index (χ0n) is 9.54. The van der Waals surface area contributed by atoms with E-state index in [0.717, 1.165) is 13.0 Å². The summed E-state index contributed by atoms with van der Waals surface area (Å²) < 4.78 is 14.0. The van der Waals surface area contributed by atoms with Gasteiger partial charge in [0, 0.05) is 6.54 Å². The van der Waals surface area contributed by atoms with Crippen LogP contribution >= 0.6 is 22.6 Å². The van der Waals surface area contributed by atoms with Crippen LogP contribution in [-0.4, -0.2) is 25.0 Å². The molecule has 5 heteroatoms. The molecule has 1 aromatic carbocycles. The van der Waals surface area contributed by atoms with Gasteiger partial charge in [0.2, 0.25) is 5.91 Å². The Bertz CT molecular complexity index is 439. The number of benzene rings is 1. The van der Waals surface area contributed by atoms with Gasteiger partial charge in [-0.3, -0.25) is 4.79 Å². The summed E-state index contributed by atoms with van der Waals surface area (Å²) in [6, 6.07) is 4.71. The Hall–Kier alpha value is -0.690. The highest BCUT2D eigenvalue weighted by atomic mass is 127. The van der Waals surface area contributed by atoms with Gasteiger partial charge in [-0.2, -0.15) is 0 Å². The fourth-order valence-corrected chi connectivity index (χ4v) is 2.71. The largest absolute Gasteiger partial charge is 0.310 e. The number of nitrogens with zero attached hydrogens (tertiary/aromatic N) is 1. The minimum atomic E-state index is -0.275. The number of carbonyl (C=O) groups is 1. The van der Waals surface area contributed by atoms with E-state index in [2.05, 4.69) is 5.32 Å². The normalized spacial score (nSPS) is 20.1. The van der Waals surface area contributed by atoms with E-state index in [9.17, 15) is 9.18 Å². The smallest absolute Gasteiger partial charge is 0.244 e. The zero-order chi connectivity index (χ0) is 12.4. The summed E-state index contributed by atoms with van der Waals surface area (Å²) in [6.45, 7) is 3.39. The number of rotatable bonds is 3. The van der Waals surface area contributed by atoms with Gasteiger partial charge in [0.15, 0.2) is 0 Å². The molecule has 1 N–H and O–H groups in total. The van der Waals surface area contributed by atoms with Crippen molar-refractivity contribution in [3.8, 4) is 0 Å². The molecule has 2 rings (SSSR count). The monoisotopic (exact) mass is 348 g/mol. The first-order valence-corrected chi connectivity index (χ1v) is 6.71. The Morgan fingerprint density at radius 1 is 1.59 bits per heavy atom. The van der Waals surface area contributed by atoms with Crippen LogP contribution in [0, 0.1) is 9.39 Å². The molecule has 1 saturated heterocycles. The van der Waals surface area contributed by atoms with Crippen LogP contribution in [0.4, 0.5) is 10.1 Å². The molecular weight excluding hydrogens is 334 g/mol. The summed E-state index contributed by atoms with van der Waals surface area (Å²) >= 11 is 1.94. The van der Waals surface area contributed by atoms with Gasteiger partial charge in [0.05, 0.1) is 15.3 Å². The fourth-order valence-electron chi connectivity index (χ4n) is 2.06. The minimum absolute atomic E-state index is 0.0374. The maximum absolute atomic E-state index is 13.4. The lowest BCUT2D eigenvalue weighted by Crippen LogP contribution is -2.38. The highest BCUT2D eigenvalue weighted by Crippen LogP contribution is 2.28. The molecule has 0 radical (unpaired) electrons. The van der Waals surface area contributed by atoms with Crippen molar-refractivity contribution >= 4 is 34.2 Å². The molecule has 1 heterocycles. The van der Waals surface area contributed by atoms with Crippen molar-refractivity contribution < 1.29 is 9.18 Å². The topological polar surface area (TPSA) is 32.3 Å². The fraction of sp³-hybridized carbons (Fsp3) is 0.417. The molecular formula is C12H14FIN2O. The highest BCUT2D eigenvalue weighted by molar-refractivity contribution is 14.1. The van der Waals surface area contributed by atoms with Crippen LogP contribution < -0.4 is 10.2 Å². The van der Waals surface area contributed by atoms with Crippen molar-refractivity contribution in [1.82, 2.24) is 5.32 Å². The van der Waals surface area contributed by atoms with Gasteiger partial charge < -0.3 is 10.2 Å². The predicted molar refractivity (Wildman–Crippen MR) is 73.6 cm³/mol. The Kier molecular flexibility index (Phi) is 3.98. The summed E-state index contributed by atoms with van der Waals surface area (Å²) in [5, 5.41) is 3.14. The Morgan fingerprint density at radius 3 is 3.06 bits per heavy atom. The standard InChI is InChI=1S/C12H14FIN2O/c1-2-15-9-6-7-16(12(9)17)10-5-3-4-8(13)11(10)14/h3-5,9,15H,2,6-7H2,1H3. The van der Waals surface area contributed by atoms with Crippen molar-refractivity contribution in [3.05, 3.63) is 27.6 Å². The van der Waals surface area contributed by atoms with Crippen LogP contribution in [-0.2, 0) is 4.79 Å². The van der Waals surface area contributed by atoms with E-state index in [-0.39, 0.29) is 17.8 Å². The van der Waals surface area contributed by atoms with Crippen molar-refractivity contribution in [2.24, 2.45) is 0 Å². The maximum Gasteiger partial charge on any atom is 0.244 e. The number of amides is 1. The minimum Gasteiger partial charge on any atom is -0.310 e. The quantitative estimate of drug-likeness (QED) is 0.849. The predicted octanol–water partition coefficient (Wildman–Crippen LogP) is 2.15. The number of hydrogen-bond donors (Lipinski definition) is 1. The van der Waals surface area contributed by atoms with E-state index in [1.165, 1.54) is 6.07 Å². The van der Waals surface area contributed by atoms with Crippen molar-refractivity contribution in [1.29, 1.82) is 0 Å². The molecule has 0 aromatic heterocycles. The first kappa shape index (κ1) is 12.8. The molecule has 0 saturated carbocycles. The first-order chi connectivity index (χ1) is 8.15. The van der Waals surface area contributed by atoms with E-state index >= 15 is 0 Å². The van der Waals surface area contributed by atoms with Gasteiger partial charge in [-0.25, -0.2) is 4.39 Å². The lowest BCUT2D eigenvalue weighted by Gasteiger charge is -2.18. The molecule has 1 amide bonds. The lowest BCUT2D eigenvalue weighted by atomic mass is 10.2. The average Bonchev–Trinajstić information content (AvgIpc) is 2.66. The van der Waals surface area contributed by atoms with Crippen LogP contribution in [0.25, 0.3) is 0 Å². The van der Waals surface area contributed by atoms with Gasteiger partial charge in [0.1, 0.15) is 5.82 Å².